The van der Waals surface area contributed by atoms with Crippen molar-refractivity contribution >= 4 is 11.3 Å². The maximum Gasteiger partial charge on any atom is 0.0925 e. The number of hydrogen-bond donors (Lipinski definition) is 1. The van der Waals surface area contributed by atoms with Crippen LogP contribution in [-0.4, -0.2) is 4.98 Å². The van der Waals surface area contributed by atoms with Gasteiger partial charge in [-0.05, 0) is 30.9 Å². The molecule has 1 heterocycles. The molecule has 1 aromatic heterocycles. The summed E-state index contributed by atoms with van der Waals surface area (Å²) in [5, 5.41) is 4.78. The monoisotopic (exact) mass is 274 g/mol. The summed E-state index contributed by atoms with van der Waals surface area (Å²) in [6, 6.07) is 9.25. The van der Waals surface area contributed by atoms with Crippen molar-refractivity contribution in [1.82, 2.24) is 10.3 Å². The molecule has 19 heavy (non-hydrogen) atoms. The first-order chi connectivity index (χ1) is 9.22. The van der Waals surface area contributed by atoms with Crippen molar-refractivity contribution < 1.29 is 0 Å². The highest BCUT2D eigenvalue weighted by molar-refractivity contribution is 7.11. The number of hydrogen-bond acceptors (Lipinski definition) is 3. The Morgan fingerprint density at radius 2 is 1.89 bits per heavy atom. The van der Waals surface area contributed by atoms with Crippen molar-refractivity contribution in [3.05, 3.63) is 51.5 Å². The summed E-state index contributed by atoms with van der Waals surface area (Å²) < 4.78 is 0. The van der Waals surface area contributed by atoms with Crippen LogP contribution in [0.4, 0.5) is 0 Å². The normalized spacial score (nSPS) is 12.6. The fourth-order valence-electron chi connectivity index (χ4n) is 2.01. The molecule has 0 amide bonds. The summed E-state index contributed by atoms with van der Waals surface area (Å²) in [6.45, 7) is 7.44. The lowest BCUT2D eigenvalue weighted by Gasteiger charge is -2.13. The van der Waals surface area contributed by atoms with E-state index >= 15 is 0 Å². The number of aromatic nitrogens is 1. The van der Waals surface area contributed by atoms with Gasteiger partial charge in [-0.3, -0.25) is 0 Å². The van der Waals surface area contributed by atoms with Gasteiger partial charge in [-0.15, -0.1) is 11.3 Å². The van der Waals surface area contributed by atoms with E-state index in [9.17, 15) is 0 Å². The molecule has 1 N–H and O–H groups in total. The topological polar surface area (TPSA) is 24.9 Å². The second kappa shape index (κ2) is 6.83. The van der Waals surface area contributed by atoms with E-state index in [1.54, 1.807) is 11.3 Å². The van der Waals surface area contributed by atoms with Gasteiger partial charge in [-0.1, -0.05) is 38.1 Å². The van der Waals surface area contributed by atoms with Gasteiger partial charge >= 0.3 is 0 Å². The van der Waals surface area contributed by atoms with Gasteiger partial charge < -0.3 is 5.32 Å². The van der Waals surface area contributed by atoms with E-state index in [-0.39, 0.29) is 0 Å². The number of benzene rings is 1. The molecule has 0 bridgehead atoms. The van der Waals surface area contributed by atoms with E-state index in [1.807, 2.05) is 6.20 Å². The number of thiazole rings is 1. The van der Waals surface area contributed by atoms with Crippen LogP contribution in [0, 0.1) is 0 Å². The lowest BCUT2D eigenvalue weighted by Crippen LogP contribution is -2.17. The van der Waals surface area contributed by atoms with Crippen LogP contribution in [0.2, 0.25) is 0 Å². The van der Waals surface area contributed by atoms with Crippen molar-refractivity contribution in [1.29, 1.82) is 0 Å². The second-order valence-electron chi connectivity index (χ2n) is 4.77. The minimum absolute atomic E-state index is 0.373. The predicted octanol–water partition coefficient (Wildman–Crippen LogP) is 4.12. The lowest BCUT2D eigenvalue weighted by atomic mass is 10.1. The minimum atomic E-state index is 0.373. The molecule has 0 fully saturated rings. The molecule has 102 valence electrons. The zero-order valence-electron chi connectivity index (χ0n) is 11.9. The molecule has 2 nitrogen and oxygen atoms in total. The molecule has 1 unspecified atom stereocenters. The summed E-state index contributed by atoms with van der Waals surface area (Å²) >= 11 is 1.80. The molecule has 0 radical (unpaired) electrons. The highest BCUT2D eigenvalue weighted by Crippen LogP contribution is 2.17. The van der Waals surface area contributed by atoms with Crippen molar-refractivity contribution in [2.24, 2.45) is 0 Å². The van der Waals surface area contributed by atoms with Gasteiger partial charge in [0.15, 0.2) is 0 Å². The third-order valence-corrected chi connectivity index (χ3v) is 4.52. The zero-order chi connectivity index (χ0) is 13.7. The highest BCUT2D eigenvalue weighted by Gasteiger charge is 2.06. The highest BCUT2D eigenvalue weighted by atomic mass is 32.1. The number of rotatable bonds is 6. The van der Waals surface area contributed by atoms with Crippen molar-refractivity contribution in [2.45, 2.75) is 46.2 Å². The molecule has 2 aromatic rings. The molecular formula is C16H22N2S. The first-order valence-electron chi connectivity index (χ1n) is 6.98. The van der Waals surface area contributed by atoms with Gasteiger partial charge in [0, 0.05) is 23.7 Å². The standard InChI is InChI=1S/C16H22N2S/c1-4-13-6-8-14(9-7-13)12(3)17-10-15-11-18-16(5-2)19-15/h6-9,11-12,17H,4-5,10H2,1-3H3. The molecule has 0 aliphatic heterocycles. The van der Waals surface area contributed by atoms with Gasteiger partial charge in [0.1, 0.15) is 0 Å². The Kier molecular flexibility index (Phi) is 5.11. The fourth-order valence-corrected chi connectivity index (χ4v) is 2.82. The number of aryl methyl sites for hydroxylation is 2. The Balaban J connectivity index is 1.90. The molecule has 0 saturated heterocycles. The summed E-state index contributed by atoms with van der Waals surface area (Å²) in [7, 11) is 0. The average molecular weight is 274 g/mol. The molecule has 0 aliphatic rings. The van der Waals surface area contributed by atoms with Crippen LogP contribution in [-0.2, 0) is 19.4 Å². The van der Waals surface area contributed by atoms with E-state index in [2.05, 4.69) is 55.3 Å². The van der Waals surface area contributed by atoms with E-state index in [0.29, 0.717) is 6.04 Å². The van der Waals surface area contributed by atoms with Crippen molar-refractivity contribution in [3.8, 4) is 0 Å². The average Bonchev–Trinajstić information content (AvgIpc) is 2.93. The first kappa shape index (κ1) is 14.2. The van der Waals surface area contributed by atoms with Crippen molar-refractivity contribution in [2.75, 3.05) is 0 Å². The molecule has 3 heteroatoms. The van der Waals surface area contributed by atoms with Crippen LogP contribution >= 0.6 is 11.3 Å². The molecular weight excluding hydrogens is 252 g/mol. The Morgan fingerprint density at radius 1 is 1.16 bits per heavy atom. The first-order valence-corrected chi connectivity index (χ1v) is 7.80. The van der Waals surface area contributed by atoms with E-state index < -0.39 is 0 Å². The largest absolute Gasteiger partial charge is 0.305 e. The molecule has 0 saturated carbocycles. The van der Waals surface area contributed by atoms with E-state index in [0.717, 1.165) is 19.4 Å². The molecule has 0 aliphatic carbocycles. The van der Waals surface area contributed by atoms with E-state index in [1.165, 1.54) is 21.0 Å². The van der Waals surface area contributed by atoms with Crippen LogP contribution in [0.25, 0.3) is 0 Å². The van der Waals surface area contributed by atoms with Crippen LogP contribution in [0.3, 0.4) is 0 Å². The lowest BCUT2D eigenvalue weighted by molar-refractivity contribution is 0.578. The SMILES string of the molecule is CCc1ccc(C(C)NCc2cnc(CC)s2)cc1. The van der Waals surface area contributed by atoms with Gasteiger partial charge in [0.2, 0.25) is 0 Å². The number of nitrogens with one attached hydrogen (secondary N) is 1. The Hall–Kier alpha value is -1.19. The van der Waals surface area contributed by atoms with Gasteiger partial charge in [0.05, 0.1) is 5.01 Å². The van der Waals surface area contributed by atoms with Crippen LogP contribution < -0.4 is 5.32 Å². The summed E-state index contributed by atoms with van der Waals surface area (Å²) in [4.78, 5) is 5.70. The van der Waals surface area contributed by atoms with Crippen LogP contribution in [0.15, 0.2) is 30.5 Å². The van der Waals surface area contributed by atoms with Gasteiger partial charge in [-0.25, -0.2) is 4.98 Å². The van der Waals surface area contributed by atoms with Crippen molar-refractivity contribution in [3.63, 3.8) is 0 Å². The summed E-state index contributed by atoms with van der Waals surface area (Å²) in [5.74, 6) is 0. The molecule has 1 aromatic carbocycles. The van der Waals surface area contributed by atoms with Gasteiger partial charge in [-0.2, -0.15) is 0 Å². The summed E-state index contributed by atoms with van der Waals surface area (Å²) in [6.07, 6.45) is 4.12. The third-order valence-electron chi connectivity index (χ3n) is 3.37. The smallest absolute Gasteiger partial charge is 0.0925 e. The Labute approximate surface area is 119 Å². The zero-order valence-corrected chi connectivity index (χ0v) is 12.8. The fraction of sp³-hybridized carbons (Fsp3) is 0.438. The predicted molar refractivity (Wildman–Crippen MR) is 82.6 cm³/mol. The van der Waals surface area contributed by atoms with Gasteiger partial charge in [0.25, 0.3) is 0 Å². The van der Waals surface area contributed by atoms with E-state index in [4.69, 9.17) is 0 Å². The Morgan fingerprint density at radius 3 is 2.47 bits per heavy atom. The quantitative estimate of drug-likeness (QED) is 0.857. The molecule has 1 atom stereocenters. The summed E-state index contributed by atoms with van der Waals surface area (Å²) in [5.41, 5.74) is 2.74. The minimum Gasteiger partial charge on any atom is -0.305 e. The molecule has 2 rings (SSSR count). The third kappa shape index (κ3) is 3.88. The number of nitrogens with zero attached hydrogens (tertiary/aromatic N) is 1. The Bertz CT molecular complexity index is 502. The maximum absolute atomic E-state index is 4.39. The molecule has 0 spiro atoms. The van der Waals surface area contributed by atoms with Crippen LogP contribution in [0.5, 0.6) is 0 Å². The maximum atomic E-state index is 4.39. The van der Waals surface area contributed by atoms with Crippen LogP contribution in [0.1, 0.15) is 47.8 Å². The second-order valence-corrected chi connectivity index (χ2v) is 5.97.